The number of aliphatic hydroxyl groups is 3. The lowest BCUT2D eigenvalue weighted by Gasteiger charge is -2.50. The molecule has 6 unspecified atom stereocenters. The average molecular weight is 1170 g/mol. The lowest BCUT2D eigenvalue weighted by molar-refractivity contribution is -0.347. The summed E-state index contributed by atoms with van der Waals surface area (Å²) in [6.45, 7) is 21.6. The fourth-order valence-electron chi connectivity index (χ4n) is 18.6. The highest BCUT2D eigenvalue weighted by atomic mass is 16.8. The number of aliphatic hydroxyl groups excluding tert-OH is 3. The fourth-order valence-corrected chi connectivity index (χ4v) is 18.6. The summed E-state index contributed by atoms with van der Waals surface area (Å²) in [6.07, 6.45) is 1.85. The predicted molar refractivity (Wildman–Crippen MR) is 289 cm³/mol. The molecule has 0 aromatic carbocycles. The Morgan fingerprint density at radius 3 is 2.13 bits per heavy atom. The van der Waals surface area contributed by atoms with Crippen LogP contribution in [0, 0.1) is 23.7 Å². The summed E-state index contributed by atoms with van der Waals surface area (Å²) in [4.78, 5) is 14.7. The van der Waals surface area contributed by atoms with E-state index in [4.69, 9.17) is 75.8 Å². The molecule has 83 heavy (non-hydrogen) atoms. The van der Waals surface area contributed by atoms with Crippen molar-refractivity contribution in [3.05, 3.63) is 37.0 Å². The molecule has 12 bridgehead atoms. The maximum absolute atomic E-state index is 14.7. The minimum Gasteiger partial charge on any atom is -0.459 e. The number of carbonyl (C=O) groups excluding carboxylic acids is 1. The molecule has 462 valence electrons. The fraction of sp³-hybridized carbons (Fsp3) is 0.889. The van der Waals surface area contributed by atoms with Crippen LogP contribution in [-0.4, -0.2) is 204 Å². The zero-order valence-electron chi connectivity index (χ0n) is 48.8. The van der Waals surface area contributed by atoms with E-state index in [1.165, 1.54) is 0 Å². The Morgan fingerprint density at radius 1 is 0.590 bits per heavy atom. The van der Waals surface area contributed by atoms with Gasteiger partial charge in [0.25, 0.3) is 0 Å². The van der Waals surface area contributed by atoms with Crippen LogP contribution in [-0.2, 0) is 80.6 Å². The van der Waals surface area contributed by atoms with E-state index in [1.54, 1.807) is 6.08 Å². The molecule has 0 aromatic heterocycles. The van der Waals surface area contributed by atoms with Gasteiger partial charge in [0.2, 0.25) is 5.79 Å². The topological polar surface area (TPSA) is 225 Å². The van der Waals surface area contributed by atoms with E-state index < -0.39 is 103 Å². The zero-order valence-corrected chi connectivity index (χ0v) is 48.8. The minimum absolute atomic E-state index is 0.0273. The zero-order chi connectivity index (χ0) is 57.1. The number of fused-ring (bicyclic) bond motifs is 10. The summed E-state index contributed by atoms with van der Waals surface area (Å²) in [5.41, 5.74) is 2.11. The standard InChI is InChI=1S/C63H90O20/c1-8-15-68-63-28-60-14-13-38-17-30(3)40(69-38)11-9-36-16-29(2)33(6)42(70-36)20-45-54(76-50(67)19-37-10-12-41-55(71-37)56(81-60)57(82-63)58(73-41)59(63)83-60)34(7)53-46(72-45)22-44-48(75-53)25-62(77-44)26-49-52(80-62)32(5)24-61(79-49)23-31(4)51-47(78-61)21-43(74-51)39(66)18-35(65)27-64/h8,29,31-32,34-49,51-59,64-66H,1,3,6,9-28H2,2,4-5,7H3/t29-,31+,32+,34+,35-,36+,37?,38?,39+,40?,41+,42?,43+,44-,45+,46+,47+,48-,49+,51+,52+,53+,54-,55+,56+,57+,58?,59+,60-,61-,62+,63?/m1/s1. The van der Waals surface area contributed by atoms with Gasteiger partial charge < -0.3 is 91.1 Å². The van der Waals surface area contributed by atoms with Crippen LogP contribution in [0.25, 0.3) is 0 Å². The summed E-state index contributed by atoms with van der Waals surface area (Å²) in [5.74, 6) is -4.14. The predicted octanol–water partition coefficient (Wildman–Crippen LogP) is 5.46. The molecule has 16 heterocycles. The lowest BCUT2D eigenvalue weighted by Crippen LogP contribution is -2.62. The summed E-state index contributed by atoms with van der Waals surface area (Å²) < 4.78 is 111. The van der Waals surface area contributed by atoms with Gasteiger partial charge in [-0.3, -0.25) is 4.79 Å². The first kappa shape index (κ1) is 57.4. The van der Waals surface area contributed by atoms with E-state index in [0.717, 1.165) is 36.8 Å². The Kier molecular flexibility index (Phi) is 14.9. The number of ether oxygens (including phenoxy) is 16. The van der Waals surface area contributed by atoms with E-state index in [-0.39, 0.29) is 122 Å². The van der Waals surface area contributed by atoms with Crippen molar-refractivity contribution in [1.29, 1.82) is 0 Å². The summed E-state index contributed by atoms with van der Waals surface area (Å²) in [7, 11) is 0. The Hall–Kier alpha value is -2.03. The third kappa shape index (κ3) is 10.0. The molecular weight excluding hydrogens is 1080 g/mol. The first-order valence-corrected chi connectivity index (χ1v) is 32.0. The third-order valence-corrected chi connectivity index (χ3v) is 22.4. The van der Waals surface area contributed by atoms with E-state index in [9.17, 15) is 20.1 Å². The van der Waals surface area contributed by atoms with Crippen LogP contribution >= 0.6 is 0 Å². The lowest BCUT2D eigenvalue weighted by atomic mass is 9.79. The van der Waals surface area contributed by atoms with Gasteiger partial charge in [-0.1, -0.05) is 46.9 Å². The number of rotatable bonds is 7. The molecule has 32 atom stereocenters. The van der Waals surface area contributed by atoms with Gasteiger partial charge in [0, 0.05) is 63.7 Å². The quantitative estimate of drug-likeness (QED) is 0.213. The molecule has 0 aliphatic carbocycles. The number of hydrogen-bond acceptors (Lipinski definition) is 20. The van der Waals surface area contributed by atoms with Crippen molar-refractivity contribution in [2.24, 2.45) is 23.7 Å². The molecule has 20 heteroatoms. The largest absolute Gasteiger partial charge is 0.459 e. The molecule has 20 nitrogen and oxygen atoms in total. The summed E-state index contributed by atoms with van der Waals surface area (Å²) >= 11 is 0. The van der Waals surface area contributed by atoms with E-state index in [2.05, 4.69) is 47.4 Å². The molecule has 16 saturated heterocycles. The number of hydrogen-bond donors (Lipinski definition) is 3. The van der Waals surface area contributed by atoms with Crippen LogP contribution in [0.5, 0.6) is 0 Å². The Morgan fingerprint density at radius 2 is 1.30 bits per heavy atom. The Bertz CT molecular complexity index is 2480. The Labute approximate surface area is 487 Å². The van der Waals surface area contributed by atoms with Crippen molar-refractivity contribution in [2.45, 2.75) is 313 Å². The summed E-state index contributed by atoms with van der Waals surface area (Å²) in [5, 5.41) is 30.4. The van der Waals surface area contributed by atoms with Gasteiger partial charge in [-0.25, -0.2) is 0 Å². The maximum atomic E-state index is 14.7. The smallest absolute Gasteiger partial charge is 0.308 e. The number of esters is 1. The minimum atomic E-state index is -1.07. The van der Waals surface area contributed by atoms with Gasteiger partial charge in [-0.15, -0.1) is 6.58 Å². The van der Waals surface area contributed by atoms with Gasteiger partial charge >= 0.3 is 5.97 Å². The van der Waals surface area contributed by atoms with Gasteiger partial charge in [-0.2, -0.15) is 0 Å². The van der Waals surface area contributed by atoms with E-state index >= 15 is 0 Å². The second kappa shape index (κ2) is 21.6. The second-order valence-electron chi connectivity index (χ2n) is 28.3. The first-order chi connectivity index (χ1) is 39.9. The van der Waals surface area contributed by atoms with Gasteiger partial charge in [-0.05, 0) is 73.8 Å². The van der Waals surface area contributed by atoms with Crippen LogP contribution < -0.4 is 0 Å². The van der Waals surface area contributed by atoms with Crippen LogP contribution in [0.3, 0.4) is 0 Å². The van der Waals surface area contributed by atoms with Crippen LogP contribution in [0.15, 0.2) is 37.0 Å². The van der Waals surface area contributed by atoms with Crippen molar-refractivity contribution in [1.82, 2.24) is 0 Å². The van der Waals surface area contributed by atoms with Crippen molar-refractivity contribution in [3.8, 4) is 0 Å². The molecule has 0 aromatic rings. The van der Waals surface area contributed by atoms with Crippen LogP contribution in [0.4, 0.5) is 0 Å². The second-order valence-corrected chi connectivity index (χ2v) is 28.3. The van der Waals surface area contributed by atoms with Gasteiger partial charge in [0.05, 0.1) is 136 Å². The van der Waals surface area contributed by atoms with Crippen molar-refractivity contribution < 1.29 is 95.9 Å². The highest BCUT2D eigenvalue weighted by molar-refractivity contribution is 5.70. The van der Waals surface area contributed by atoms with E-state index in [0.29, 0.717) is 77.0 Å². The van der Waals surface area contributed by atoms with Crippen LogP contribution in [0.2, 0.25) is 0 Å². The first-order valence-electron chi connectivity index (χ1n) is 32.0. The van der Waals surface area contributed by atoms with Gasteiger partial charge in [0.15, 0.2) is 17.4 Å². The normalized spacial score (nSPS) is 55.9. The SMILES string of the molecule is C=CCOC12C[C@]34CCC5CC(=C)C(CC[C@H]6C[C@@H](C)C(=C)C(C[C@@H]7O[C@H]8C[C@H]9O[C@@]%10(C[C@@H]%11O[C@]%12(C[C@H](C)[C@@H]%13O[C@H]([C@@H](O)C[C@@H](O)CO)C[C@@H]%13O%12)C[C@H](C)[C@@H]%11O%10)C[C@H]9O[C@H]8[C@H](C)[C@H]7OC(=O)CC7CC[C@@H]8OC([C@@H](O1)[C@@H](O3)[C@H]8O7)[C@@H]2O4)O6)O5. The molecular formula is C63H90O20. The molecule has 0 radical (unpaired) electrons. The highest BCUT2D eigenvalue weighted by Gasteiger charge is 2.76. The van der Waals surface area contributed by atoms with Crippen molar-refractivity contribution in [3.63, 3.8) is 0 Å². The van der Waals surface area contributed by atoms with E-state index in [1.807, 2.05) is 0 Å². The van der Waals surface area contributed by atoms with Crippen molar-refractivity contribution in [2.75, 3.05) is 13.2 Å². The number of carbonyl (C=O) groups is 1. The molecule has 0 amide bonds. The monoisotopic (exact) mass is 1170 g/mol. The molecule has 16 rings (SSSR count). The highest BCUT2D eigenvalue weighted by Crippen LogP contribution is 2.60. The molecule has 3 spiro atoms. The van der Waals surface area contributed by atoms with Gasteiger partial charge in [0.1, 0.15) is 36.6 Å². The molecule has 16 aliphatic rings. The molecule has 0 saturated carbocycles. The molecule has 16 fully saturated rings. The summed E-state index contributed by atoms with van der Waals surface area (Å²) in [6, 6.07) is 0. The Balaban J connectivity index is 0.660. The van der Waals surface area contributed by atoms with Crippen LogP contribution in [0.1, 0.15) is 143 Å². The van der Waals surface area contributed by atoms with Crippen molar-refractivity contribution >= 4 is 5.97 Å². The third-order valence-electron chi connectivity index (χ3n) is 22.4. The molecule has 3 N–H and O–H groups in total. The average Bonchev–Trinajstić information content (AvgIpc) is 4.29. The maximum Gasteiger partial charge on any atom is 0.308 e. The molecule has 16 aliphatic heterocycles.